The lowest BCUT2D eigenvalue weighted by atomic mass is 10.3. The predicted molar refractivity (Wildman–Crippen MR) is 70.2 cm³/mol. The number of benzene rings is 1. The van der Waals surface area contributed by atoms with Crippen molar-refractivity contribution in [1.29, 1.82) is 0 Å². The van der Waals surface area contributed by atoms with E-state index >= 15 is 0 Å². The molecule has 96 valence electrons. The van der Waals surface area contributed by atoms with Crippen LogP contribution < -0.4 is 5.43 Å². The molecule has 19 heavy (non-hydrogen) atoms. The Bertz CT molecular complexity index is 744. The molecule has 0 aliphatic heterocycles. The van der Waals surface area contributed by atoms with Crippen molar-refractivity contribution in [2.75, 3.05) is 0 Å². The zero-order chi connectivity index (χ0) is 13.2. The maximum Gasteiger partial charge on any atom is 0.257 e. The highest BCUT2D eigenvalue weighted by molar-refractivity contribution is 7.98. The topological polar surface area (TPSA) is 76.5 Å². The van der Waals surface area contributed by atoms with Crippen LogP contribution in [-0.2, 0) is 5.75 Å². The molecule has 0 atom stereocenters. The second-order valence-electron chi connectivity index (χ2n) is 3.83. The molecule has 3 aromatic rings. The summed E-state index contributed by atoms with van der Waals surface area (Å²) >= 11 is 1.32. The molecule has 0 radical (unpaired) electrons. The summed E-state index contributed by atoms with van der Waals surface area (Å²) in [5, 5.41) is 9.59. The molecule has 0 saturated heterocycles. The first-order chi connectivity index (χ1) is 9.22. The molecule has 0 spiro atoms. The number of hydrogen-bond donors (Lipinski definition) is 1. The minimum absolute atomic E-state index is 0.393. The number of aromatic nitrogens is 1. The lowest BCUT2D eigenvalue weighted by molar-refractivity contribution is 0.418. The highest BCUT2D eigenvalue weighted by atomic mass is 32.2. The number of nitrogens with zero attached hydrogens (tertiary/aromatic N) is 1. The van der Waals surface area contributed by atoms with E-state index in [1.165, 1.54) is 17.8 Å². The molecule has 6 heteroatoms. The number of oxazole rings is 1. The van der Waals surface area contributed by atoms with Gasteiger partial charge < -0.3 is 13.9 Å². The third-order valence-corrected chi connectivity index (χ3v) is 3.33. The molecule has 2 aromatic heterocycles. The fourth-order valence-electron chi connectivity index (χ4n) is 1.57. The van der Waals surface area contributed by atoms with Gasteiger partial charge in [0.25, 0.3) is 5.22 Å². The van der Waals surface area contributed by atoms with E-state index in [9.17, 15) is 4.79 Å². The molecule has 0 aliphatic carbocycles. The van der Waals surface area contributed by atoms with Crippen molar-refractivity contribution in [3.8, 4) is 5.75 Å². The summed E-state index contributed by atoms with van der Waals surface area (Å²) in [6, 6.07) is 8.72. The molecule has 2 heterocycles. The summed E-state index contributed by atoms with van der Waals surface area (Å²) < 4.78 is 10.6. The van der Waals surface area contributed by atoms with Gasteiger partial charge in [0, 0.05) is 6.07 Å². The summed E-state index contributed by atoms with van der Waals surface area (Å²) in [6.07, 6.45) is 1.03. The maximum absolute atomic E-state index is 11.2. The molecule has 5 nitrogen and oxygen atoms in total. The summed E-state index contributed by atoms with van der Waals surface area (Å²) in [6.45, 7) is 0. The predicted octanol–water partition coefficient (Wildman–Crippen LogP) is 2.78. The van der Waals surface area contributed by atoms with E-state index in [-0.39, 0.29) is 0 Å². The smallest absolute Gasteiger partial charge is 0.257 e. The van der Waals surface area contributed by atoms with Crippen LogP contribution >= 0.6 is 11.8 Å². The third-order valence-electron chi connectivity index (χ3n) is 2.48. The molecule has 0 fully saturated rings. The van der Waals surface area contributed by atoms with Crippen molar-refractivity contribution in [1.82, 2.24) is 4.98 Å². The van der Waals surface area contributed by atoms with E-state index in [1.807, 2.05) is 24.3 Å². The van der Waals surface area contributed by atoms with Crippen LogP contribution in [0.25, 0.3) is 11.1 Å². The zero-order valence-corrected chi connectivity index (χ0v) is 10.5. The van der Waals surface area contributed by atoms with Crippen LogP contribution in [0.3, 0.4) is 0 Å². The average molecular weight is 275 g/mol. The van der Waals surface area contributed by atoms with E-state index in [0.717, 1.165) is 17.4 Å². The van der Waals surface area contributed by atoms with Crippen LogP contribution in [0.5, 0.6) is 5.75 Å². The summed E-state index contributed by atoms with van der Waals surface area (Å²) in [7, 11) is 0. The number of hydrogen-bond acceptors (Lipinski definition) is 6. The van der Waals surface area contributed by atoms with Gasteiger partial charge in [-0.1, -0.05) is 23.9 Å². The number of rotatable bonds is 3. The summed E-state index contributed by atoms with van der Waals surface area (Å²) in [5.74, 6) is 0.466. The zero-order valence-electron chi connectivity index (χ0n) is 9.70. The first kappa shape index (κ1) is 11.9. The van der Waals surface area contributed by atoms with Crippen molar-refractivity contribution < 1.29 is 13.9 Å². The van der Waals surface area contributed by atoms with Gasteiger partial charge in [0.15, 0.2) is 11.3 Å². The second kappa shape index (κ2) is 4.81. The van der Waals surface area contributed by atoms with Gasteiger partial charge in [-0.2, -0.15) is 0 Å². The van der Waals surface area contributed by atoms with Crippen molar-refractivity contribution >= 4 is 22.9 Å². The van der Waals surface area contributed by atoms with Gasteiger partial charge in [-0.05, 0) is 12.1 Å². The molecule has 0 unspecified atom stereocenters. The number of para-hydroxylation sites is 2. The Morgan fingerprint density at radius 2 is 2.16 bits per heavy atom. The van der Waals surface area contributed by atoms with E-state index in [4.69, 9.17) is 13.9 Å². The fourth-order valence-corrected chi connectivity index (χ4v) is 2.29. The van der Waals surface area contributed by atoms with Crippen LogP contribution in [0.4, 0.5) is 0 Å². The van der Waals surface area contributed by atoms with Gasteiger partial charge >= 0.3 is 0 Å². The van der Waals surface area contributed by atoms with Gasteiger partial charge in [0.05, 0.1) is 5.75 Å². The lowest BCUT2D eigenvalue weighted by Crippen LogP contribution is -1.98. The molecule has 0 bridgehead atoms. The molecular weight excluding hydrogens is 266 g/mol. The second-order valence-corrected chi connectivity index (χ2v) is 4.76. The van der Waals surface area contributed by atoms with Crippen LogP contribution in [0.15, 0.2) is 55.4 Å². The van der Waals surface area contributed by atoms with Crippen LogP contribution in [0, 0.1) is 0 Å². The largest absolute Gasteiger partial charge is 0.502 e. The van der Waals surface area contributed by atoms with Crippen molar-refractivity contribution in [3.05, 3.63) is 52.6 Å². The van der Waals surface area contributed by atoms with Gasteiger partial charge in [0.2, 0.25) is 5.43 Å². The molecular formula is C13H9NO4S. The van der Waals surface area contributed by atoms with E-state index in [0.29, 0.717) is 16.7 Å². The Balaban J connectivity index is 1.78. The van der Waals surface area contributed by atoms with Crippen LogP contribution in [0.2, 0.25) is 0 Å². The number of aromatic hydroxyl groups is 1. The monoisotopic (exact) mass is 275 g/mol. The number of fused-ring (bicyclic) bond motifs is 1. The van der Waals surface area contributed by atoms with Gasteiger partial charge in [-0.15, -0.1) is 0 Å². The van der Waals surface area contributed by atoms with Crippen molar-refractivity contribution in [2.24, 2.45) is 0 Å². The Morgan fingerprint density at radius 1 is 1.32 bits per heavy atom. The lowest BCUT2D eigenvalue weighted by Gasteiger charge is -1.97. The number of thioether (sulfide) groups is 1. The van der Waals surface area contributed by atoms with E-state index < -0.39 is 11.2 Å². The molecule has 1 N–H and O–H groups in total. The van der Waals surface area contributed by atoms with Gasteiger partial charge in [-0.3, -0.25) is 4.79 Å². The quantitative estimate of drug-likeness (QED) is 0.741. The third kappa shape index (κ3) is 2.48. The van der Waals surface area contributed by atoms with E-state index in [1.54, 1.807) is 0 Å². The Hall–Kier alpha value is -2.21. The summed E-state index contributed by atoms with van der Waals surface area (Å²) in [5.41, 5.74) is 1.05. The molecule has 0 amide bonds. The Labute approximate surface area is 111 Å². The van der Waals surface area contributed by atoms with Crippen LogP contribution in [-0.4, -0.2) is 10.1 Å². The molecule has 3 rings (SSSR count). The van der Waals surface area contributed by atoms with Crippen molar-refractivity contribution in [3.63, 3.8) is 0 Å². The van der Waals surface area contributed by atoms with Crippen molar-refractivity contribution in [2.45, 2.75) is 11.0 Å². The minimum Gasteiger partial charge on any atom is -0.502 e. The first-order valence-corrected chi connectivity index (χ1v) is 6.50. The maximum atomic E-state index is 11.2. The standard InChI is InChI=1S/C13H9NO4S/c15-10-5-8(17-6-11(10)16)7-19-13-14-9-3-1-2-4-12(9)18-13/h1-6,16H,7H2. The molecule has 0 aliphatic rings. The molecule has 0 saturated carbocycles. The Kier molecular flexibility index (Phi) is 3.00. The first-order valence-electron chi connectivity index (χ1n) is 5.51. The van der Waals surface area contributed by atoms with Crippen LogP contribution in [0.1, 0.15) is 5.76 Å². The van der Waals surface area contributed by atoms with E-state index in [2.05, 4.69) is 4.98 Å². The normalized spacial score (nSPS) is 10.9. The molecule has 1 aromatic carbocycles. The average Bonchev–Trinajstić information content (AvgIpc) is 2.83. The minimum atomic E-state index is -0.459. The highest BCUT2D eigenvalue weighted by Gasteiger charge is 2.08. The summed E-state index contributed by atoms with van der Waals surface area (Å²) in [4.78, 5) is 15.5. The fraction of sp³-hybridized carbons (Fsp3) is 0.0769. The van der Waals surface area contributed by atoms with Gasteiger partial charge in [-0.25, -0.2) is 4.98 Å². The van der Waals surface area contributed by atoms with Gasteiger partial charge in [0.1, 0.15) is 17.5 Å². The Morgan fingerprint density at radius 3 is 2.95 bits per heavy atom. The SMILES string of the molecule is O=c1cc(CSc2nc3ccccc3o2)occ1O. The highest BCUT2D eigenvalue weighted by Crippen LogP contribution is 2.25.